The number of likely N-dealkylation sites (N-methyl/N-ethyl adjacent to an activating group) is 1. The van der Waals surface area contributed by atoms with Crippen LogP contribution in [0.2, 0.25) is 0 Å². The summed E-state index contributed by atoms with van der Waals surface area (Å²) in [5, 5.41) is 12.1. The quantitative estimate of drug-likeness (QED) is 0.840. The first-order chi connectivity index (χ1) is 9.76. The van der Waals surface area contributed by atoms with Gasteiger partial charge in [-0.15, -0.1) is 0 Å². The lowest BCUT2D eigenvalue weighted by Gasteiger charge is -2.21. The molecule has 1 heterocycles. The van der Waals surface area contributed by atoms with Crippen molar-refractivity contribution in [1.29, 1.82) is 0 Å². The third kappa shape index (κ3) is 4.44. The summed E-state index contributed by atoms with van der Waals surface area (Å²) in [5.41, 5.74) is 0.848. The normalized spacial score (nSPS) is 12.1. The summed E-state index contributed by atoms with van der Waals surface area (Å²) in [6.07, 6.45) is 0. The Labute approximate surface area is 125 Å². The van der Waals surface area contributed by atoms with Gasteiger partial charge < -0.3 is 15.3 Å². The Kier molecular flexibility index (Phi) is 5.69. The number of pyridine rings is 1. The minimum absolute atomic E-state index is 0.0638. The molecule has 1 unspecified atom stereocenters. The molecule has 0 saturated heterocycles. The van der Waals surface area contributed by atoms with Gasteiger partial charge in [-0.2, -0.15) is 0 Å². The summed E-state index contributed by atoms with van der Waals surface area (Å²) in [4.78, 5) is 29.2. The van der Waals surface area contributed by atoms with E-state index in [9.17, 15) is 9.59 Å². The van der Waals surface area contributed by atoms with Gasteiger partial charge >= 0.3 is 5.97 Å². The van der Waals surface area contributed by atoms with E-state index in [1.807, 2.05) is 20.8 Å². The molecule has 116 valence electrons. The molecule has 0 aromatic carbocycles. The second-order valence-electron chi connectivity index (χ2n) is 5.34. The van der Waals surface area contributed by atoms with E-state index in [0.29, 0.717) is 18.1 Å². The topological polar surface area (TPSA) is 82.5 Å². The number of amides is 1. The highest BCUT2D eigenvalue weighted by molar-refractivity contribution is 5.89. The Hall–Kier alpha value is -2.11. The Morgan fingerprint density at radius 3 is 2.43 bits per heavy atom. The van der Waals surface area contributed by atoms with Gasteiger partial charge in [0.15, 0.2) is 0 Å². The maximum Gasteiger partial charge on any atom is 0.335 e. The van der Waals surface area contributed by atoms with Crippen molar-refractivity contribution in [3.63, 3.8) is 0 Å². The van der Waals surface area contributed by atoms with Gasteiger partial charge in [-0.1, -0.05) is 13.8 Å². The molecule has 0 bridgehead atoms. The lowest BCUT2D eigenvalue weighted by molar-refractivity contribution is -0.130. The maximum absolute atomic E-state index is 12.0. The molecule has 0 saturated carbocycles. The first-order valence-electron chi connectivity index (χ1n) is 7.03. The Morgan fingerprint density at radius 2 is 1.95 bits per heavy atom. The van der Waals surface area contributed by atoms with Gasteiger partial charge in [-0.25, -0.2) is 9.78 Å². The zero-order valence-electron chi connectivity index (χ0n) is 13.2. The molecule has 1 atom stereocenters. The number of hydrogen-bond acceptors (Lipinski definition) is 4. The van der Waals surface area contributed by atoms with E-state index in [0.717, 1.165) is 0 Å². The molecule has 6 heteroatoms. The van der Waals surface area contributed by atoms with Gasteiger partial charge in [0, 0.05) is 19.3 Å². The van der Waals surface area contributed by atoms with Crippen molar-refractivity contribution in [3.05, 3.63) is 23.4 Å². The van der Waals surface area contributed by atoms with Crippen LogP contribution in [0.15, 0.2) is 12.1 Å². The average molecular weight is 293 g/mol. The minimum atomic E-state index is -1.01. The first kappa shape index (κ1) is 16.9. The smallest absolute Gasteiger partial charge is 0.335 e. The molecule has 0 aliphatic rings. The zero-order valence-corrected chi connectivity index (χ0v) is 13.2. The molecule has 0 aliphatic carbocycles. The van der Waals surface area contributed by atoms with Crippen LogP contribution >= 0.6 is 0 Å². The van der Waals surface area contributed by atoms with Gasteiger partial charge in [0.25, 0.3) is 0 Å². The number of nitrogens with one attached hydrogen (secondary N) is 1. The Bertz CT molecular complexity index is 529. The number of nitrogens with zero attached hydrogens (tertiary/aromatic N) is 2. The van der Waals surface area contributed by atoms with Crippen molar-refractivity contribution in [2.24, 2.45) is 0 Å². The number of rotatable bonds is 6. The molecule has 0 radical (unpaired) electrons. The molecule has 6 nitrogen and oxygen atoms in total. The van der Waals surface area contributed by atoms with E-state index >= 15 is 0 Å². The molecule has 2 N–H and O–H groups in total. The van der Waals surface area contributed by atoms with Gasteiger partial charge in [0.05, 0.1) is 5.56 Å². The van der Waals surface area contributed by atoms with E-state index < -0.39 is 12.0 Å². The van der Waals surface area contributed by atoms with Gasteiger partial charge in [-0.05, 0) is 31.9 Å². The van der Waals surface area contributed by atoms with Crippen molar-refractivity contribution in [2.45, 2.75) is 39.7 Å². The van der Waals surface area contributed by atoms with Crippen LogP contribution in [0.25, 0.3) is 0 Å². The summed E-state index contributed by atoms with van der Waals surface area (Å²) >= 11 is 0. The van der Waals surface area contributed by atoms with E-state index in [2.05, 4.69) is 10.3 Å². The van der Waals surface area contributed by atoms with Crippen molar-refractivity contribution < 1.29 is 14.7 Å². The fraction of sp³-hybridized carbons (Fsp3) is 0.533. The van der Waals surface area contributed by atoms with Gasteiger partial charge in [-0.3, -0.25) is 4.79 Å². The molecular weight excluding hydrogens is 270 g/mol. The van der Waals surface area contributed by atoms with Crippen molar-refractivity contribution in [1.82, 2.24) is 9.88 Å². The summed E-state index contributed by atoms with van der Waals surface area (Å²) in [5.74, 6) is -0.559. The fourth-order valence-electron chi connectivity index (χ4n) is 1.82. The van der Waals surface area contributed by atoms with E-state index in [1.165, 1.54) is 6.07 Å². The molecular formula is C15H23N3O3. The number of anilines is 1. The van der Waals surface area contributed by atoms with Crippen LogP contribution in [0.4, 0.5) is 5.82 Å². The highest BCUT2D eigenvalue weighted by atomic mass is 16.4. The zero-order chi connectivity index (χ0) is 16.2. The second kappa shape index (κ2) is 7.06. The summed E-state index contributed by atoms with van der Waals surface area (Å²) in [7, 11) is 1.72. The molecule has 1 aromatic rings. The van der Waals surface area contributed by atoms with Crippen LogP contribution in [0.5, 0.6) is 0 Å². The molecule has 21 heavy (non-hydrogen) atoms. The van der Waals surface area contributed by atoms with Crippen molar-refractivity contribution in [3.8, 4) is 0 Å². The van der Waals surface area contributed by atoms with Gasteiger partial charge in [0.2, 0.25) is 5.91 Å². The summed E-state index contributed by atoms with van der Waals surface area (Å²) in [6, 6.07) is 2.54. The minimum Gasteiger partial charge on any atom is -0.478 e. The van der Waals surface area contributed by atoms with Crippen LogP contribution in [0.1, 0.15) is 49.7 Å². The van der Waals surface area contributed by atoms with Crippen LogP contribution < -0.4 is 5.32 Å². The highest BCUT2D eigenvalue weighted by Gasteiger charge is 2.18. The van der Waals surface area contributed by atoms with Crippen LogP contribution in [-0.2, 0) is 4.79 Å². The lowest BCUT2D eigenvalue weighted by atomic mass is 10.1. The third-order valence-corrected chi connectivity index (χ3v) is 3.27. The summed E-state index contributed by atoms with van der Waals surface area (Å²) < 4.78 is 0. The number of hydrogen-bond donors (Lipinski definition) is 2. The summed E-state index contributed by atoms with van der Waals surface area (Å²) in [6.45, 7) is 8.13. The largest absolute Gasteiger partial charge is 0.478 e. The van der Waals surface area contributed by atoms with E-state index in [1.54, 1.807) is 24.9 Å². The highest BCUT2D eigenvalue weighted by Crippen LogP contribution is 2.18. The molecule has 1 rings (SSSR count). The Morgan fingerprint density at radius 1 is 1.33 bits per heavy atom. The van der Waals surface area contributed by atoms with Gasteiger partial charge in [0.1, 0.15) is 11.9 Å². The van der Waals surface area contributed by atoms with Crippen LogP contribution in [0, 0.1) is 0 Å². The third-order valence-electron chi connectivity index (χ3n) is 3.27. The number of aromatic nitrogens is 1. The fourth-order valence-corrected chi connectivity index (χ4v) is 1.82. The number of carboxylic acids is 1. The van der Waals surface area contributed by atoms with E-state index in [4.69, 9.17) is 5.11 Å². The molecule has 0 spiro atoms. The molecule has 0 aliphatic heterocycles. The van der Waals surface area contributed by atoms with E-state index in [-0.39, 0.29) is 17.4 Å². The van der Waals surface area contributed by atoms with Crippen LogP contribution in [-0.4, -0.2) is 46.5 Å². The molecule has 0 fully saturated rings. The predicted molar refractivity (Wildman–Crippen MR) is 81.7 cm³/mol. The van der Waals surface area contributed by atoms with Crippen molar-refractivity contribution in [2.75, 3.05) is 18.9 Å². The van der Waals surface area contributed by atoms with Crippen LogP contribution in [0.3, 0.4) is 0 Å². The second-order valence-corrected chi connectivity index (χ2v) is 5.34. The number of aromatic carboxylic acids is 1. The van der Waals surface area contributed by atoms with Crippen molar-refractivity contribution >= 4 is 17.7 Å². The number of carboxylic acid groups (broad SMARTS) is 1. The standard InChI is InChI=1S/C15H23N3O3/c1-6-18(5)14(19)10(4)16-13-8-11(15(20)21)7-12(17-13)9(2)3/h7-10H,6H2,1-5H3,(H,16,17)(H,20,21). The monoisotopic (exact) mass is 293 g/mol. The number of carbonyl (C=O) groups excluding carboxylic acids is 1. The molecule has 1 aromatic heterocycles. The first-order valence-corrected chi connectivity index (χ1v) is 7.03. The average Bonchev–Trinajstić information content (AvgIpc) is 2.44. The molecule has 1 amide bonds. The number of carbonyl (C=O) groups is 2. The SMILES string of the molecule is CCN(C)C(=O)C(C)Nc1cc(C(=O)O)cc(C(C)C)n1. The Balaban J connectivity index is 3.02. The maximum atomic E-state index is 12.0. The lowest BCUT2D eigenvalue weighted by Crippen LogP contribution is -2.39. The predicted octanol–water partition coefficient (Wildman–Crippen LogP) is 2.18.